The summed E-state index contributed by atoms with van der Waals surface area (Å²) in [5.41, 5.74) is 0. The van der Waals surface area contributed by atoms with E-state index in [0.717, 1.165) is 4.31 Å². The van der Waals surface area contributed by atoms with Crippen LogP contribution in [-0.4, -0.2) is 33.4 Å². The third-order valence-corrected chi connectivity index (χ3v) is 2.37. The molecule has 0 saturated heterocycles. The Kier molecular flexibility index (Phi) is 3.10. The van der Waals surface area contributed by atoms with Crippen LogP contribution in [0.5, 0.6) is 0 Å². The summed E-state index contributed by atoms with van der Waals surface area (Å²) < 4.78 is 21.1. The fourth-order valence-electron chi connectivity index (χ4n) is 0.284. The van der Waals surface area contributed by atoms with Crippen molar-refractivity contribution in [1.29, 1.82) is 0 Å². The van der Waals surface area contributed by atoms with Gasteiger partial charge in [-0.1, -0.05) is 11.0 Å². The van der Waals surface area contributed by atoms with Crippen LogP contribution >= 0.6 is 11.0 Å². The standard InChI is InChI=1S/C4H12N2O3S/c1-4(7)5-10(8,9)6(2)3/h8-9H,1-3H3,(H,5,7). The molecule has 1 amide bonds. The molecule has 0 aliphatic heterocycles. The predicted octanol–water partition coefficient (Wildman–Crippen LogP) is 0.265. The van der Waals surface area contributed by atoms with Gasteiger partial charge in [-0.25, -0.2) is 4.72 Å². The van der Waals surface area contributed by atoms with E-state index in [9.17, 15) is 4.79 Å². The van der Waals surface area contributed by atoms with Crippen LogP contribution in [0.1, 0.15) is 6.92 Å². The van der Waals surface area contributed by atoms with Gasteiger partial charge < -0.3 is 0 Å². The second-order valence-corrected chi connectivity index (χ2v) is 3.96. The molecular weight excluding hydrogens is 156 g/mol. The van der Waals surface area contributed by atoms with E-state index in [-0.39, 0.29) is 0 Å². The molecule has 10 heavy (non-hydrogen) atoms. The monoisotopic (exact) mass is 168 g/mol. The molecule has 0 aromatic rings. The summed E-state index contributed by atoms with van der Waals surface area (Å²) in [6.45, 7) is 1.22. The molecule has 0 aliphatic carbocycles. The Morgan fingerprint density at radius 2 is 1.90 bits per heavy atom. The first-order valence-corrected chi connectivity index (χ1v) is 4.10. The molecule has 0 fully saturated rings. The highest BCUT2D eigenvalue weighted by molar-refractivity contribution is 8.20. The summed E-state index contributed by atoms with van der Waals surface area (Å²) in [6, 6.07) is 0. The van der Waals surface area contributed by atoms with Crippen molar-refractivity contribution in [2.75, 3.05) is 14.1 Å². The zero-order valence-electron chi connectivity index (χ0n) is 6.16. The number of amides is 1. The molecule has 0 saturated carbocycles. The van der Waals surface area contributed by atoms with Gasteiger partial charge in [0.2, 0.25) is 5.91 Å². The van der Waals surface area contributed by atoms with Crippen LogP contribution in [0.25, 0.3) is 0 Å². The molecule has 0 atom stereocenters. The van der Waals surface area contributed by atoms with Crippen molar-refractivity contribution in [3.8, 4) is 0 Å². The molecule has 0 aromatic carbocycles. The van der Waals surface area contributed by atoms with E-state index >= 15 is 0 Å². The number of nitrogens with zero attached hydrogens (tertiary/aromatic N) is 1. The normalized spacial score (nSPS) is 13.4. The van der Waals surface area contributed by atoms with Crippen molar-refractivity contribution >= 4 is 16.9 Å². The van der Waals surface area contributed by atoms with E-state index < -0.39 is 16.9 Å². The Hall–Kier alpha value is -0.300. The Morgan fingerprint density at radius 3 is 2.00 bits per heavy atom. The number of hydrogen-bond acceptors (Lipinski definition) is 4. The van der Waals surface area contributed by atoms with Crippen molar-refractivity contribution in [2.45, 2.75) is 6.92 Å². The SMILES string of the molecule is CC(=O)NS(O)(O)N(C)C. The van der Waals surface area contributed by atoms with Crippen LogP contribution in [0.2, 0.25) is 0 Å². The van der Waals surface area contributed by atoms with Crippen molar-refractivity contribution in [3.05, 3.63) is 0 Å². The van der Waals surface area contributed by atoms with Gasteiger partial charge in [0.1, 0.15) is 0 Å². The number of hydrogen-bond donors (Lipinski definition) is 3. The maximum Gasteiger partial charge on any atom is 0.235 e. The highest BCUT2D eigenvalue weighted by Gasteiger charge is 2.14. The van der Waals surface area contributed by atoms with Crippen molar-refractivity contribution in [1.82, 2.24) is 9.03 Å². The molecule has 62 valence electrons. The van der Waals surface area contributed by atoms with Gasteiger partial charge in [-0.05, 0) is 0 Å². The largest absolute Gasteiger partial charge is 0.274 e. The maximum atomic E-state index is 10.3. The van der Waals surface area contributed by atoms with E-state index in [0.29, 0.717) is 0 Å². The minimum Gasteiger partial charge on any atom is -0.274 e. The molecule has 5 nitrogen and oxygen atoms in total. The topological polar surface area (TPSA) is 72.8 Å². The summed E-state index contributed by atoms with van der Waals surface area (Å²) in [7, 11) is -0.137. The first-order valence-electron chi connectivity index (χ1n) is 2.60. The van der Waals surface area contributed by atoms with Gasteiger partial charge in [-0.15, -0.1) is 0 Å². The third kappa shape index (κ3) is 3.02. The zero-order valence-corrected chi connectivity index (χ0v) is 6.97. The zero-order chi connectivity index (χ0) is 8.36. The smallest absolute Gasteiger partial charge is 0.235 e. The van der Waals surface area contributed by atoms with Crippen molar-refractivity contribution in [3.63, 3.8) is 0 Å². The second kappa shape index (κ2) is 3.20. The van der Waals surface area contributed by atoms with Gasteiger partial charge in [0, 0.05) is 21.0 Å². The van der Waals surface area contributed by atoms with Crippen LogP contribution in [0.4, 0.5) is 0 Å². The van der Waals surface area contributed by atoms with Gasteiger partial charge in [0.15, 0.2) is 0 Å². The average Bonchev–Trinajstić information content (AvgIpc) is 1.60. The summed E-state index contributed by atoms with van der Waals surface area (Å²) >= 11 is 0. The predicted molar refractivity (Wildman–Crippen MR) is 40.4 cm³/mol. The molecule has 0 heterocycles. The number of carbonyl (C=O) groups is 1. The molecule has 0 radical (unpaired) electrons. The van der Waals surface area contributed by atoms with E-state index in [2.05, 4.69) is 0 Å². The first-order chi connectivity index (χ1) is 4.36. The average molecular weight is 168 g/mol. The minimum atomic E-state index is -3.06. The van der Waals surface area contributed by atoms with Crippen molar-refractivity contribution < 1.29 is 13.9 Å². The highest BCUT2D eigenvalue weighted by Crippen LogP contribution is 2.34. The highest BCUT2D eigenvalue weighted by atomic mass is 32.3. The number of carbonyl (C=O) groups excluding carboxylic acids is 1. The van der Waals surface area contributed by atoms with Gasteiger partial charge in [-0.3, -0.25) is 13.9 Å². The summed E-state index contributed by atoms with van der Waals surface area (Å²) in [5, 5.41) is 0. The van der Waals surface area contributed by atoms with Crippen molar-refractivity contribution in [2.24, 2.45) is 0 Å². The van der Waals surface area contributed by atoms with Crippen LogP contribution in [0, 0.1) is 0 Å². The third-order valence-electron chi connectivity index (χ3n) is 0.790. The lowest BCUT2D eigenvalue weighted by Crippen LogP contribution is -2.33. The van der Waals surface area contributed by atoms with E-state index in [1.165, 1.54) is 21.0 Å². The maximum absolute atomic E-state index is 10.3. The van der Waals surface area contributed by atoms with Crippen LogP contribution in [0.15, 0.2) is 0 Å². The number of rotatable bonds is 2. The molecule has 0 bridgehead atoms. The van der Waals surface area contributed by atoms with Crippen LogP contribution in [-0.2, 0) is 4.79 Å². The Labute approximate surface area is 61.6 Å². The van der Waals surface area contributed by atoms with E-state index in [1.807, 2.05) is 4.72 Å². The van der Waals surface area contributed by atoms with Gasteiger partial charge in [0.25, 0.3) is 0 Å². The lowest BCUT2D eigenvalue weighted by atomic mass is 10.8. The Morgan fingerprint density at radius 1 is 1.50 bits per heavy atom. The quantitative estimate of drug-likeness (QED) is 0.553. The molecule has 0 rings (SSSR count). The Balaban J connectivity index is 3.99. The fourth-order valence-corrected chi connectivity index (χ4v) is 0.852. The molecule has 0 aliphatic rings. The first kappa shape index (κ1) is 9.70. The van der Waals surface area contributed by atoms with Gasteiger partial charge in [0.05, 0.1) is 0 Å². The number of nitrogens with one attached hydrogen (secondary N) is 1. The molecule has 0 spiro atoms. The van der Waals surface area contributed by atoms with Crippen LogP contribution in [0.3, 0.4) is 0 Å². The molecular formula is C4H12N2O3S. The molecule has 0 aromatic heterocycles. The Bertz CT molecular complexity index is 136. The van der Waals surface area contributed by atoms with Crippen LogP contribution < -0.4 is 4.72 Å². The second-order valence-electron chi connectivity index (χ2n) is 1.99. The van der Waals surface area contributed by atoms with Gasteiger partial charge >= 0.3 is 0 Å². The lowest BCUT2D eigenvalue weighted by Gasteiger charge is -2.37. The fraction of sp³-hybridized carbons (Fsp3) is 0.750. The summed E-state index contributed by atoms with van der Waals surface area (Å²) in [5.74, 6) is -0.464. The summed E-state index contributed by atoms with van der Waals surface area (Å²) in [6.07, 6.45) is 0. The minimum absolute atomic E-state index is 0.464. The summed E-state index contributed by atoms with van der Waals surface area (Å²) in [4.78, 5) is 10.3. The van der Waals surface area contributed by atoms with Gasteiger partial charge in [-0.2, -0.15) is 4.31 Å². The lowest BCUT2D eigenvalue weighted by molar-refractivity contribution is -0.117. The molecule has 6 heteroatoms. The molecule has 3 N–H and O–H groups in total. The van der Waals surface area contributed by atoms with E-state index in [1.54, 1.807) is 0 Å². The van der Waals surface area contributed by atoms with E-state index in [4.69, 9.17) is 9.11 Å². The molecule has 0 unspecified atom stereocenters.